The summed E-state index contributed by atoms with van der Waals surface area (Å²) < 4.78 is 0. The van der Waals surface area contributed by atoms with Gasteiger partial charge in [0.05, 0.1) is 12.2 Å². The van der Waals surface area contributed by atoms with E-state index in [1.165, 1.54) is 4.90 Å². The van der Waals surface area contributed by atoms with Crippen molar-refractivity contribution in [2.45, 2.75) is 59.0 Å². The molecule has 0 aliphatic carbocycles. The molecule has 6 nitrogen and oxygen atoms in total. The van der Waals surface area contributed by atoms with Gasteiger partial charge in [-0.1, -0.05) is 40.2 Å². The Labute approximate surface area is 168 Å². The van der Waals surface area contributed by atoms with Gasteiger partial charge in [-0.2, -0.15) is 0 Å². The summed E-state index contributed by atoms with van der Waals surface area (Å²) in [6.07, 6.45) is 4.31. The zero-order valence-corrected chi connectivity index (χ0v) is 17.7. The van der Waals surface area contributed by atoms with E-state index in [4.69, 9.17) is 0 Å². The first-order valence-electron chi connectivity index (χ1n) is 10.6. The summed E-state index contributed by atoms with van der Waals surface area (Å²) in [5, 5.41) is 0. The van der Waals surface area contributed by atoms with E-state index in [-0.39, 0.29) is 18.5 Å². The largest absolute Gasteiger partial charge is 0.328 e. The second-order valence-corrected chi connectivity index (χ2v) is 8.85. The molecule has 0 saturated carbocycles. The van der Waals surface area contributed by atoms with Crippen molar-refractivity contribution in [1.82, 2.24) is 19.7 Å². The Hall–Kier alpha value is -1.95. The summed E-state index contributed by atoms with van der Waals surface area (Å²) >= 11 is 0. The summed E-state index contributed by atoms with van der Waals surface area (Å²) in [5.74, 6) is 0.941. The lowest BCUT2D eigenvalue weighted by Gasteiger charge is -2.43. The molecule has 1 aromatic heterocycles. The molecule has 6 heteroatoms. The first-order chi connectivity index (χ1) is 13.4. The Morgan fingerprint density at radius 3 is 2.39 bits per heavy atom. The van der Waals surface area contributed by atoms with Gasteiger partial charge in [0.25, 0.3) is 5.91 Å². The lowest BCUT2D eigenvalue weighted by Crippen LogP contribution is -2.57. The predicted molar refractivity (Wildman–Crippen MR) is 110 cm³/mol. The van der Waals surface area contributed by atoms with E-state index in [0.29, 0.717) is 18.4 Å². The Morgan fingerprint density at radius 1 is 1.11 bits per heavy atom. The number of carbonyl (C=O) groups excluding carboxylic acids is 2. The third kappa shape index (κ3) is 4.07. The summed E-state index contributed by atoms with van der Waals surface area (Å²) in [5.41, 5.74) is 0.0715. The van der Waals surface area contributed by atoms with Crippen molar-refractivity contribution >= 4 is 11.9 Å². The summed E-state index contributed by atoms with van der Waals surface area (Å²) in [6.45, 7) is 12.4. The summed E-state index contributed by atoms with van der Waals surface area (Å²) in [6, 6.07) is 5.45. The number of pyridine rings is 1. The molecule has 3 rings (SSSR count). The molecule has 0 unspecified atom stereocenters. The number of nitrogens with zero attached hydrogens (tertiary/aromatic N) is 4. The van der Waals surface area contributed by atoms with Crippen molar-refractivity contribution in [2.75, 3.05) is 26.2 Å². The van der Waals surface area contributed by atoms with E-state index in [2.05, 4.69) is 37.6 Å². The standard InChI is InChI=1S/C22H34N4O2/c1-5-18(4)15-24-12-9-22(10-13-24)20(27)25(16-19-8-6-7-11-23-19)21(28)26(22)14-17(2)3/h6-8,11,17-18H,5,9-10,12-16H2,1-4H3/t18-/m1/s1. The van der Waals surface area contributed by atoms with Gasteiger partial charge in [-0.15, -0.1) is 0 Å². The fourth-order valence-corrected chi connectivity index (χ4v) is 4.35. The van der Waals surface area contributed by atoms with Gasteiger partial charge >= 0.3 is 6.03 Å². The number of imide groups is 1. The topological polar surface area (TPSA) is 56.8 Å². The van der Waals surface area contributed by atoms with Crippen LogP contribution in [0.3, 0.4) is 0 Å². The second kappa shape index (κ2) is 8.60. The van der Waals surface area contributed by atoms with Crippen LogP contribution in [0.2, 0.25) is 0 Å². The minimum Gasteiger partial charge on any atom is -0.309 e. The molecular weight excluding hydrogens is 352 g/mol. The fraction of sp³-hybridized carbons (Fsp3) is 0.682. The molecule has 2 aliphatic rings. The molecule has 3 amide bonds. The molecular formula is C22H34N4O2. The number of rotatable bonds is 7. The minimum atomic E-state index is -0.678. The van der Waals surface area contributed by atoms with Crippen LogP contribution in [0, 0.1) is 11.8 Å². The van der Waals surface area contributed by atoms with Gasteiger partial charge in [-0.3, -0.25) is 14.7 Å². The van der Waals surface area contributed by atoms with Crippen LogP contribution in [0.15, 0.2) is 24.4 Å². The molecule has 1 aromatic rings. The lowest BCUT2D eigenvalue weighted by atomic mass is 9.85. The van der Waals surface area contributed by atoms with E-state index in [1.54, 1.807) is 6.20 Å². The molecule has 0 radical (unpaired) electrons. The Bertz CT molecular complexity index is 683. The third-order valence-electron chi connectivity index (χ3n) is 6.17. The van der Waals surface area contributed by atoms with Crippen LogP contribution in [0.1, 0.15) is 52.7 Å². The molecule has 3 heterocycles. The molecule has 2 fully saturated rings. The highest BCUT2D eigenvalue weighted by atomic mass is 16.2. The molecule has 1 spiro atoms. The molecule has 28 heavy (non-hydrogen) atoms. The molecule has 0 aromatic carbocycles. The highest BCUT2D eigenvalue weighted by molar-refractivity contribution is 6.07. The van der Waals surface area contributed by atoms with Crippen LogP contribution in [0.25, 0.3) is 0 Å². The van der Waals surface area contributed by atoms with Gasteiger partial charge in [0, 0.05) is 32.4 Å². The quantitative estimate of drug-likeness (QED) is 0.674. The van der Waals surface area contributed by atoms with E-state index in [9.17, 15) is 9.59 Å². The van der Waals surface area contributed by atoms with Gasteiger partial charge in [-0.05, 0) is 36.8 Å². The van der Waals surface area contributed by atoms with Gasteiger partial charge in [0.15, 0.2) is 0 Å². The van der Waals surface area contributed by atoms with Crippen molar-refractivity contribution in [2.24, 2.45) is 11.8 Å². The van der Waals surface area contributed by atoms with Crippen LogP contribution >= 0.6 is 0 Å². The fourth-order valence-electron chi connectivity index (χ4n) is 4.35. The van der Waals surface area contributed by atoms with Crippen LogP contribution in [-0.4, -0.2) is 63.3 Å². The number of carbonyl (C=O) groups is 2. The second-order valence-electron chi connectivity index (χ2n) is 8.85. The zero-order chi connectivity index (χ0) is 20.3. The molecule has 154 valence electrons. The highest BCUT2D eigenvalue weighted by Crippen LogP contribution is 2.38. The lowest BCUT2D eigenvalue weighted by molar-refractivity contribution is -0.136. The van der Waals surface area contributed by atoms with Crippen molar-refractivity contribution in [1.29, 1.82) is 0 Å². The van der Waals surface area contributed by atoms with Gasteiger partial charge in [-0.25, -0.2) is 4.79 Å². The Kier molecular flexibility index (Phi) is 6.38. The number of urea groups is 1. The Balaban J connectivity index is 1.80. The van der Waals surface area contributed by atoms with Crippen LogP contribution in [0.5, 0.6) is 0 Å². The van der Waals surface area contributed by atoms with Crippen molar-refractivity contribution in [3.63, 3.8) is 0 Å². The highest BCUT2D eigenvalue weighted by Gasteiger charge is 2.57. The van der Waals surface area contributed by atoms with Crippen LogP contribution in [0.4, 0.5) is 4.79 Å². The van der Waals surface area contributed by atoms with Crippen molar-refractivity contribution in [3.05, 3.63) is 30.1 Å². The number of likely N-dealkylation sites (tertiary alicyclic amines) is 1. The number of hydrogen-bond donors (Lipinski definition) is 0. The molecule has 2 saturated heterocycles. The summed E-state index contributed by atoms with van der Waals surface area (Å²) in [4.78, 5) is 36.8. The zero-order valence-electron chi connectivity index (χ0n) is 17.7. The first kappa shape index (κ1) is 20.8. The van der Waals surface area contributed by atoms with Gasteiger partial charge in [0.1, 0.15) is 5.54 Å². The SMILES string of the molecule is CC[C@@H](C)CN1CCC2(CC1)C(=O)N(Cc1ccccn1)C(=O)N2CC(C)C. The van der Waals surface area contributed by atoms with Crippen molar-refractivity contribution in [3.8, 4) is 0 Å². The number of aromatic nitrogens is 1. The van der Waals surface area contributed by atoms with Crippen LogP contribution < -0.4 is 0 Å². The van der Waals surface area contributed by atoms with E-state index < -0.39 is 5.54 Å². The maximum Gasteiger partial charge on any atom is 0.328 e. The van der Waals surface area contributed by atoms with Gasteiger partial charge < -0.3 is 9.80 Å². The minimum absolute atomic E-state index is 0.0352. The molecule has 2 aliphatic heterocycles. The molecule has 1 atom stereocenters. The van der Waals surface area contributed by atoms with E-state index >= 15 is 0 Å². The normalized spacial score (nSPS) is 21.2. The van der Waals surface area contributed by atoms with Crippen molar-refractivity contribution < 1.29 is 9.59 Å². The smallest absolute Gasteiger partial charge is 0.309 e. The summed E-state index contributed by atoms with van der Waals surface area (Å²) in [7, 11) is 0. The first-order valence-corrected chi connectivity index (χ1v) is 10.6. The average molecular weight is 387 g/mol. The Morgan fingerprint density at radius 2 is 1.82 bits per heavy atom. The maximum absolute atomic E-state index is 13.5. The third-order valence-corrected chi connectivity index (χ3v) is 6.17. The van der Waals surface area contributed by atoms with Crippen LogP contribution in [-0.2, 0) is 11.3 Å². The molecule has 0 N–H and O–H groups in total. The maximum atomic E-state index is 13.5. The van der Waals surface area contributed by atoms with Gasteiger partial charge in [0.2, 0.25) is 0 Å². The number of piperidine rings is 1. The monoisotopic (exact) mass is 386 g/mol. The van der Waals surface area contributed by atoms with E-state index in [1.807, 2.05) is 23.1 Å². The number of hydrogen-bond acceptors (Lipinski definition) is 4. The predicted octanol–water partition coefficient (Wildman–Crippen LogP) is 3.38. The average Bonchev–Trinajstić information content (AvgIpc) is 2.86. The number of amides is 3. The van der Waals surface area contributed by atoms with E-state index in [0.717, 1.165) is 44.6 Å². The molecule has 0 bridgehead atoms.